The predicted octanol–water partition coefficient (Wildman–Crippen LogP) is 3.10. The van der Waals surface area contributed by atoms with Crippen molar-refractivity contribution in [1.29, 1.82) is 0 Å². The van der Waals surface area contributed by atoms with E-state index >= 15 is 0 Å². The van der Waals surface area contributed by atoms with Crippen LogP contribution in [0.4, 0.5) is 22.0 Å². The van der Waals surface area contributed by atoms with Gasteiger partial charge in [-0.25, -0.2) is 13.9 Å². The number of carbonyl (C=O) groups is 1. The smallest absolute Gasteiger partial charge is 0.381 e. The van der Waals surface area contributed by atoms with Crippen LogP contribution in [0.1, 0.15) is 25.0 Å². The third-order valence-corrected chi connectivity index (χ3v) is 8.12. The molecule has 0 bridgehead atoms. The number of benzene rings is 1. The van der Waals surface area contributed by atoms with Gasteiger partial charge in [-0.1, -0.05) is 12.1 Å². The van der Waals surface area contributed by atoms with Crippen molar-refractivity contribution in [3.8, 4) is 11.3 Å². The fourth-order valence-electron chi connectivity index (χ4n) is 3.51. The molecule has 34 heavy (non-hydrogen) atoms. The van der Waals surface area contributed by atoms with E-state index in [0.717, 1.165) is 6.20 Å². The lowest BCUT2D eigenvalue weighted by atomic mass is 9.98. The first-order chi connectivity index (χ1) is 15.8. The monoisotopic (exact) mass is 509 g/mol. The molecule has 1 saturated heterocycles. The van der Waals surface area contributed by atoms with Gasteiger partial charge in [-0.15, -0.1) is 0 Å². The van der Waals surface area contributed by atoms with E-state index < -0.39 is 45.4 Å². The molecule has 0 unspecified atom stereocenters. The van der Waals surface area contributed by atoms with Crippen LogP contribution in [0.5, 0.6) is 0 Å². The van der Waals surface area contributed by atoms with Crippen LogP contribution in [0.15, 0.2) is 41.6 Å². The zero-order chi connectivity index (χ0) is 25.2. The lowest BCUT2D eigenvalue weighted by molar-refractivity contribution is -0.284. The largest absolute Gasteiger partial charge is 0.453 e. The molecule has 0 aliphatic carbocycles. The minimum atomic E-state index is -5.65. The normalized spacial score (nSPS) is 16.8. The Labute approximate surface area is 191 Å². The van der Waals surface area contributed by atoms with Gasteiger partial charge in [0, 0.05) is 31.4 Å². The summed E-state index contributed by atoms with van der Waals surface area (Å²) >= 11 is 0. The fraction of sp³-hybridized carbons (Fsp3) is 0.450. The Balaban J connectivity index is 1.78. The molecule has 0 saturated carbocycles. The number of aromatic nitrogens is 2. The number of hydroxylamine groups is 1. The molecule has 186 valence electrons. The fourth-order valence-corrected chi connectivity index (χ4v) is 5.45. The van der Waals surface area contributed by atoms with Gasteiger partial charge in [0.25, 0.3) is 5.91 Å². The summed E-state index contributed by atoms with van der Waals surface area (Å²) < 4.78 is 92.7. The zero-order valence-electron chi connectivity index (χ0n) is 17.5. The molecule has 2 N–H and O–H groups in total. The van der Waals surface area contributed by atoms with Gasteiger partial charge in [0.05, 0.1) is 22.5 Å². The Morgan fingerprint density at radius 3 is 2.18 bits per heavy atom. The molecule has 1 aromatic carbocycles. The molecule has 8 nitrogen and oxygen atoms in total. The number of nitrogens with zero attached hydrogens (tertiary/aromatic N) is 2. The molecule has 1 aromatic heterocycles. The maximum absolute atomic E-state index is 13.2. The Bertz CT molecular complexity index is 1120. The summed E-state index contributed by atoms with van der Waals surface area (Å²) in [4.78, 5) is 19.9. The van der Waals surface area contributed by atoms with Crippen LogP contribution in [-0.2, 0) is 25.8 Å². The van der Waals surface area contributed by atoms with Gasteiger partial charge in [0.2, 0.25) is 0 Å². The first-order valence-electron chi connectivity index (χ1n) is 9.97. The van der Waals surface area contributed by atoms with E-state index in [1.165, 1.54) is 35.9 Å². The average molecular weight is 509 g/mol. The summed E-state index contributed by atoms with van der Waals surface area (Å²) in [5.41, 5.74) is 1.97. The van der Waals surface area contributed by atoms with E-state index in [9.17, 15) is 35.2 Å². The summed E-state index contributed by atoms with van der Waals surface area (Å²) in [6.07, 6.45) is -5.82. The van der Waals surface area contributed by atoms with Crippen molar-refractivity contribution in [1.82, 2.24) is 15.4 Å². The van der Waals surface area contributed by atoms with Crippen LogP contribution in [0.2, 0.25) is 0 Å². The molecule has 0 radical (unpaired) electrons. The molecule has 0 atom stereocenters. The van der Waals surface area contributed by atoms with Crippen molar-refractivity contribution < 1.29 is 45.1 Å². The van der Waals surface area contributed by atoms with E-state index in [2.05, 4.69) is 9.97 Å². The van der Waals surface area contributed by atoms with Crippen molar-refractivity contribution in [3.05, 3.63) is 42.4 Å². The lowest BCUT2D eigenvalue weighted by Crippen LogP contribution is -2.54. The van der Waals surface area contributed by atoms with E-state index in [4.69, 9.17) is 9.94 Å². The Morgan fingerprint density at radius 2 is 1.68 bits per heavy atom. The molecule has 1 fully saturated rings. The van der Waals surface area contributed by atoms with Gasteiger partial charge in [0.1, 0.15) is 0 Å². The molecule has 2 aromatic rings. The number of rotatable bonds is 7. The van der Waals surface area contributed by atoms with Crippen molar-refractivity contribution in [2.45, 2.75) is 47.4 Å². The number of nitrogens with one attached hydrogen (secondary N) is 1. The number of ether oxygens (including phenoxy) is 1. The molecule has 1 aliphatic rings. The van der Waals surface area contributed by atoms with E-state index in [-0.39, 0.29) is 42.3 Å². The van der Waals surface area contributed by atoms with Crippen molar-refractivity contribution in [2.75, 3.05) is 13.2 Å². The Kier molecular flexibility index (Phi) is 7.24. The van der Waals surface area contributed by atoms with Gasteiger partial charge in [-0.2, -0.15) is 22.0 Å². The third-order valence-electron chi connectivity index (χ3n) is 5.61. The number of hydrogen-bond acceptors (Lipinski definition) is 7. The van der Waals surface area contributed by atoms with Crippen LogP contribution < -0.4 is 5.48 Å². The number of hydrogen-bond donors (Lipinski definition) is 2. The van der Waals surface area contributed by atoms with Crippen molar-refractivity contribution >= 4 is 15.7 Å². The first-order valence-corrected chi connectivity index (χ1v) is 11.5. The van der Waals surface area contributed by atoms with Crippen LogP contribution >= 0.6 is 0 Å². The average Bonchev–Trinajstić information content (AvgIpc) is 2.82. The quantitative estimate of drug-likeness (QED) is 0.335. The van der Waals surface area contributed by atoms with Gasteiger partial charge in [0.15, 0.2) is 14.6 Å². The maximum Gasteiger partial charge on any atom is 0.453 e. The number of sulfone groups is 1. The second kappa shape index (κ2) is 9.50. The highest BCUT2D eigenvalue weighted by atomic mass is 32.2. The lowest BCUT2D eigenvalue weighted by Gasteiger charge is -2.34. The molecule has 2 heterocycles. The second-order valence-corrected chi connectivity index (χ2v) is 9.93. The van der Waals surface area contributed by atoms with Gasteiger partial charge in [-0.3, -0.25) is 20.0 Å². The molecule has 14 heteroatoms. The molecule has 1 aliphatic heterocycles. The van der Waals surface area contributed by atoms with Crippen molar-refractivity contribution in [2.24, 2.45) is 0 Å². The van der Waals surface area contributed by atoms with E-state index in [1.807, 2.05) is 0 Å². The molecule has 0 spiro atoms. The Hall–Kier alpha value is -2.71. The number of amides is 1. The maximum atomic E-state index is 13.2. The van der Waals surface area contributed by atoms with E-state index in [1.54, 1.807) is 0 Å². The highest BCUT2D eigenvalue weighted by Crippen LogP contribution is 2.39. The van der Waals surface area contributed by atoms with Gasteiger partial charge >= 0.3 is 12.1 Å². The number of carbonyl (C=O) groups excluding carboxylic acids is 1. The molecule has 1 amide bonds. The molecular formula is C20H20F5N3O5S. The minimum absolute atomic E-state index is 0.0155. The summed E-state index contributed by atoms with van der Waals surface area (Å²) in [5, 5.41) is 9.08. The summed E-state index contributed by atoms with van der Waals surface area (Å²) in [6, 6.07) is 5.26. The highest BCUT2D eigenvalue weighted by molar-refractivity contribution is 7.93. The van der Waals surface area contributed by atoms with Gasteiger partial charge < -0.3 is 4.74 Å². The SMILES string of the molecule is O=C(NO)C1(S(=O)(=O)c2ccc(-c3cnc(CCC(F)(F)C(F)(F)F)cn3)cc2)CCOCC1. The number of halogens is 5. The van der Waals surface area contributed by atoms with Gasteiger partial charge in [-0.05, 0) is 31.4 Å². The predicted molar refractivity (Wildman–Crippen MR) is 107 cm³/mol. The number of alkyl halides is 5. The number of aryl methyl sites for hydroxylation is 1. The van der Waals surface area contributed by atoms with Crippen molar-refractivity contribution in [3.63, 3.8) is 0 Å². The topological polar surface area (TPSA) is 118 Å². The van der Waals surface area contributed by atoms with Crippen LogP contribution in [0.25, 0.3) is 11.3 Å². The molecular weight excluding hydrogens is 489 g/mol. The highest BCUT2D eigenvalue weighted by Gasteiger charge is 2.56. The van der Waals surface area contributed by atoms with Crippen LogP contribution in [0.3, 0.4) is 0 Å². The van der Waals surface area contributed by atoms with Crippen LogP contribution in [-0.4, -0.2) is 59.6 Å². The molecule has 3 rings (SSSR count). The third kappa shape index (κ3) is 4.88. The second-order valence-electron chi connectivity index (χ2n) is 7.67. The van der Waals surface area contributed by atoms with E-state index in [0.29, 0.717) is 5.56 Å². The standard InChI is InChI=1S/C20H20F5N3O5S/c21-19(22,20(23,24)25)6-5-14-11-27-16(12-26-14)13-1-3-15(4-2-13)34(31,32)18(17(29)28-30)7-9-33-10-8-18/h1-4,11-12,30H,5-10H2,(H,28,29). The summed E-state index contributed by atoms with van der Waals surface area (Å²) in [5.74, 6) is -5.90. The zero-order valence-corrected chi connectivity index (χ0v) is 18.3. The summed E-state index contributed by atoms with van der Waals surface area (Å²) in [7, 11) is -4.23. The minimum Gasteiger partial charge on any atom is -0.381 e. The Morgan fingerprint density at radius 1 is 1.06 bits per heavy atom. The summed E-state index contributed by atoms with van der Waals surface area (Å²) in [6.45, 7) is 0.0309. The van der Waals surface area contributed by atoms with Crippen LogP contribution in [0, 0.1) is 0 Å². The first kappa shape index (κ1) is 25.9.